The topological polar surface area (TPSA) is 61.6 Å². The predicted octanol–water partition coefficient (Wildman–Crippen LogP) is 4.37. The summed E-state index contributed by atoms with van der Waals surface area (Å²) in [5.74, 6) is 0.403. The summed E-state index contributed by atoms with van der Waals surface area (Å²) >= 11 is 0. The van der Waals surface area contributed by atoms with E-state index in [1.54, 1.807) is 42.5 Å². The molecule has 0 aliphatic rings. The molecule has 0 amide bonds. The van der Waals surface area contributed by atoms with Gasteiger partial charge in [0.05, 0.1) is 16.8 Å². The van der Waals surface area contributed by atoms with Crippen molar-refractivity contribution in [2.75, 3.05) is 0 Å². The molecule has 1 heterocycles. The molecular formula is C20H18FNO4. The number of esters is 1. The third kappa shape index (κ3) is 4.08. The van der Waals surface area contributed by atoms with Crippen molar-refractivity contribution in [3.63, 3.8) is 0 Å². The van der Waals surface area contributed by atoms with Crippen LogP contribution in [-0.4, -0.2) is 11.1 Å². The van der Waals surface area contributed by atoms with Crippen LogP contribution < -0.4 is 4.74 Å². The van der Waals surface area contributed by atoms with Gasteiger partial charge in [-0.15, -0.1) is 0 Å². The van der Waals surface area contributed by atoms with Gasteiger partial charge in [0.25, 0.3) is 0 Å². The van der Waals surface area contributed by atoms with E-state index in [1.165, 1.54) is 6.07 Å². The Hall–Kier alpha value is -3.15. The monoisotopic (exact) mass is 355 g/mol. The van der Waals surface area contributed by atoms with Crippen LogP contribution >= 0.6 is 0 Å². The molecule has 0 saturated carbocycles. The van der Waals surface area contributed by atoms with Crippen molar-refractivity contribution < 1.29 is 23.2 Å². The average molecular weight is 355 g/mol. The van der Waals surface area contributed by atoms with Crippen LogP contribution in [0.15, 0.2) is 53.1 Å². The van der Waals surface area contributed by atoms with Gasteiger partial charge in [0.15, 0.2) is 0 Å². The highest BCUT2D eigenvalue weighted by atomic mass is 19.1. The molecule has 0 unspecified atom stereocenters. The second-order valence-electron chi connectivity index (χ2n) is 5.78. The van der Waals surface area contributed by atoms with E-state index in [0.29, 0.717) is 23.5 Å². The summed E-state index contributed by atoms with van der Waals surface area (Å²) in [7, 11) is 0. The van der Waals surface area contributed by atoms with Gasteiger partial charge in [-0.1, -0.05) is 23.4 Å². The molecule has 0 N–H and O–H groups in total. The van der Waals surface area contributed by atoms with E-state index >= 15 is 0 Å². The maximum atomic E-state index is 13.5. The lowest BCUT2D eigenvalue weighted by molar-refractivity contribution is 0.0469. The van der Waals surface area contributed by atoms with Crippen LogP contribution in [0.5, 0.6) is 5.75 Å². The lowest BCUT2D eigenvalue weighted by Gasteiger charge is -2.08. The van der Waals surface area contributed by atoms with Crippen molar-refractivity contribution in [3.8, 4) is 5.75 Å². The summed E-state index contributed by atoms with van der Waals surface area (Å²) in [4.78, 5) is 12.1. The van der Waals surface area contributed by atoms with E-state index in [2.05, 4.69) is 5.16 Å². The Morgan fingerprint density at radius 3 is 2.46 bits per heavy atom. The van der Waals surface area contributed by atoms with Gasteiger partial charge < -0.3 is 14.0 Å². The normalized spacial score (nSPS) is 10.6. The number of aromatic nitrogens is 1. The van der Waals surface area contributed by atoms with Crippen molar-refractivity contribution in [2.45, 2.75) is 27.1 Å². The zero-order valence-corrected chi connectivity index (χ0v) is 14.5. The highest BCUT2D eigenvalue weighted by Gasteiger charge is 2.11. The summed E-state index contributed by atoms with van der Waals surface area (Å²) in [5, 5.41) is 3.87. The number of rotatable bonds is 6. The molecule has 0 bridgehead atoms. The zero-order valence-electron chi connectivity index (χ0n) is 14.5. The number of hydrogen-bond donors (Lipinski definition) is 0. The Morgan fingerprint density at radius 1 is 1.08 bits per heavy atom. The molecule has 0 atom stereocenters. The molecule has 0 aliphatic heterocycles. The quantitative estimate of drug-likeness (QED) is 0.615. The first-order chi connectivity index (χ1) is 12.5. The number of benzene rings is 2. The Kier molecular flexibility index (Phi) is 5.31. The molecule has 5 nitrogen and oxygen atoms in total. The first-order valence-corrected chi connectivity index (χ1v) is 8.09. The molecule has 26 heavy (non-hydrogen) atoms. The standard InChI is InChI=1S/C20H18FNO4/c1-13-18(14(2)26-22-13)12-24-17-9-7-15(8-10-17)20(23)25-11-16-5-3-4-6-19(16)21/h3-10H,11-12H2,1-2H3. The minimum Gasteiger partial charge on any atom is -0.489 e. The van der Waals surface area contributed by atoms with Crippen molar-refractivity contribution in [1.82, 2.24) is 5.16 Å². The molecule has 1 aromatic heterocycles. The number of carbonyl (C=O) groups excluding carboxylic acids is 1. The van der Waals surface area contributed by atoms with Crippen LogP contribution in [0.1, 0.15) is 32.9 Å². The minimum absolute atomic E-state index is 0.115. The van der Waals surface area contributed by atoms with Gasteiger partial charge >= 0.3 is 5.97 Å². The molecule has 0 fully saturated rings. The van der Waals surface area contributed by atoms with Gasteiger partial charge in [-0.05, 0) is 44.2 Å². The van der Waals surface area contributed by atoms with Crippen LogP contribution in [0.2, 0.25) is 0 Å². The highest BCUT2D eigenvalue weighted by molar-refractivity contribution is 5.89. The van der Waals surface area contributed by atoms with Gasteiger partial charge in [0, 0.05) is 5.56 Å². The molecule has 6 heteroatoms. The van der Waals surface area contributed by atoms with E-state index in [9.17, 15) is 9.18 Å². The van der Waals surface area contributed by atoms with Crippen LogP contribution in [0, 0.1) is 19.7 Å². The second kappa shape index (κ2) is 7.82. The minimum atomic E-state index is -0.523. The van der Waals surface area contributed by atoms with Gasteiger partial charge in [-0.25, -0.2) is 9.18 Å². The molecule has 3 rings (SSSR count). The smallest absolute Gasteiger partial charge is 0.338 e. The molecule has 0 saturated heterocycles. The Balaban J connectivity index is 1.57. The summed E-state index contributed by atoms with van der Waals surface area (Å²) < 4.78 is 29.5. The number of aryl methyl sites for hydroxylation is 2. The van der Waals surface area contributed by atoms with Gasteiger partial charge in [0.2, 0.25) is 0 Å². The van der Waals surface area contributed by atoms with E-state index in [0.717, 1.165) is 17.0 Å². The average Bonchev–Trinajstić information content (AvgIpc) is 2.97. The molecular weight excluding hydrogens is 337 g/mol. The predicted molar refractivity (Wildman–Crippen MR) is 92.3 cm³/mol. The Bertz CT molecular complexity index is 883. The fourth-order valence-corrected chi connectivity index (χ4v) is 2.39. The third-order valence-corrected chi connectivity index (χ3v) is 3.97. The number of ether oxygens (including phenoxy) is 2. The van der Waals surface area contributed by atoms with E-state index in [-0.39, 0.29) is 6.61 Å². The van der Waals surface area contributed by atoms with E-state index in [1.807, 2.05) is 13.8 Å². The molecule has 2 aromatic carbocycles. The van der Waals surface area contributed by atoms with Gasteiger partial charge in [0.1, 0.15) is 30.5 Å². The highest BCUT2D eigenvalue weighted by Crippen LogP contribution is 2.18. The fraction of sp³-hybridized carbons (Fsp3) is 0.200. The summed E-state index contributed by atoms with van der Waals surface area (Å²) in [6.07, 6.45) is 0. The first kappa shape index (κ1) is 17.7. The van der Waals surface area contributed by atoms with E-state index in [4.69, 9.17) is 14.0 Å². The van der Waals surface area contributed by atoms with Gasteiger partial charge in [-0.2, -0.15) is 0 Å². The van der Waals surface area contributed by atoms with Crippen LogP contribution in [0.25, 0.3) is 0 Å². The zero-order chi connectivity index (χ0) is 18.5. The summed E-state index contributed by atoms with van der Waals surface area (Å²) in [5.41, 5.74) is 2.39. The van der Waals surface area contributed by atoms with Gasteiger partial charge in [-0.3, -0.25) is 0 Å². The Morgan fingerprint density at radius 2 is 1.81 bits per heavy atom. The largest absolute Gasteiger partial charge is 0.489 e. The molecule has 134 valence electrons. The van der Waals surface area contributed by atoms with Crippen LogP contribution in [0.4, 0.5) is 4.39 Å². The molecule has 0 spiro atoms. The van der Waals surface area contributed by atoms with Crippen molar-refractivity contribution in [3.05, 3.63) is 82.5 Å². The maximum absolute atomic E-state index is 13.5. The number of carbonyl (C=O) groups is 1. The third-order valence-electron chi connectivity index (χ3n) is 3.97. The second-order valence-corrected chi connectivity index (χ2v) is 5.78. The van der Waals surface area contributed by atoms with Crippen molar-refractivity contribution in [1.29, 1.82) is 0 Å². The van der Waals surface area contributed by atoms with Crippen LogP contribution in [0.3, 0.4) is 0 Å². The molecule has 0 radical (unpaired) electrons. The summed E-state index contributed by atoms with van der Waals surface area (Å²) in [6, 6.07) is 12.7. The van der Waals surface area contributed by atoms with Crippen LogP contribution in [-0.2, 0) is 18.0 Å². The molecule has 3 aromatic rings. The number of nitrogens with zero attached hydrogens (tertiary/aromatic N) is 1. The maximum Gasteiger partial charge on any atom is 0.338 e. The number of halogens is 1. The SMILES string of the molecule is Cc1noc(C)c1COc1ccc(C(=O)OCc2ccccc2F)cc1. The van der Waals surface area contributed by atoms with Crippen molar-refractivity contribution >= 4 is 5.97 Å². The molecule has 0 aliphatic carbocycles. The fourth-order valence-electron chi connectivity index (χ4n) is 2.39. The van der Waals surface area contributed by atoms with Crippen molar-refractivity contribution in [2.24, 2.45) is 0 Å². The lowest BCUT2D eigenvalue weighted by Crippen LogP contribution is -2.06. The first-order valence-electron chi connectivity index (χ1n) is 8.09. The number of hydrogen-bond acceptors (Lipinski definition) is 5. The van der Waals surface area contributed by atoms with E-state index < -0.39 is 11.8 Å². The Labute approximate surface area is 150 Å². The summed E-state index contributed by atoms with van der Waals surface area (Å²) in [6.45, 7) is 3.89. The lowest BCUT2D eigenvalue weighted by atomic mass is 10.2.